The van der Waals surface area contributed by atoms with Crippen LogP contribution in [-0.2, 0) is 6.54 Å². The average molecular weight is 266 g/mol. The fourth-order valence-electron chi connectivity index (χ4n) is 2.04. The fourth-order valence-corrected chi connectivity index (χ4v) is 2.04. The van der Waals surface area contributed by atoms with Crippen LogP contribution in [0.25, 0.3) is 0 Å². The van der Waals surface area contributed by atoms with E-state index in [9.17, 15) is 0 Å². The number of hydrogen-bond donors (Lipinski definition) is 2. The van der Waals surface area contributed by atoms with Crippen LogP contribution >= 0.6 is 0 Å². The molecule has 0 radical (unpaired) electrons. The van der Waals surface area contributed by atoms with E-state index in [1.165, 1.54) is 0 Å². The molecule has 0 heterocycles. The molecule has 19 heavy (non-hydrogen) atoms. The SMILES string of the molecule is COc1cc(CNC(C)(C)CCN)c(OC)cc1C. The van der Waals surface area contributed by atoms with Gasteiger partial charge in [0.05, 0.1) is 14.2 Å². The highest BCUT2D eigenvalue weighted by Gasteiger charge is 2.17. The number of ether oxygens (including phenoxy) is 2. The molecule has 0 saturated carbocycles. The molecule has 4 nitrogen and oxygen atoms in total. The molecule has 0 saturated heterocycles. The van der Waals surface area contributed by atoms with Crippen molar-refractivity contribution in [3.63, 3.8) is 0 Å². The van der Waals surface area contributed by atoms with Crippen molar-refractivity contribution in [1.82, 2.24) is 5.32 Å². The molecule has 0 unspecified atom stereocenters. The standard InChI is InChI=1S/C15H26N2O2/c1-11-8-14(19-5)12(9-13(11)18-4)10-17-15(2,3)6-7-16/h8-9,17H,6-7,10,16H2,1-5H3. The number of methoxy groups -OCH3 is 2. The lowest BCUT2D eigenvalue weighted by atomic mass is 10.00. The lowest BCUT2D eigenvalue weighted by Gasteiger charge is -2.26. The molecule has 1 aromatic rings. The maximum absolute atomic E-state index is 5.62. The van der Waals surface area contributed by atoms with Crippen LogP contribution in [-0.4, -0.2) is 26.3 Å². The van der Waals surface area contributed by atoms with Gasteiger partial charge in [-0.2, -0.15) is 0 Å². The Hall–Kier alpha value is -1.26. The third-order valence-corrected chi connectivity index (χ3v) is 3.32. The molecule has 0 aromatic heterocycles. The van der Waals surface area contributed by atoms with Crippen molar-refractivity contribution in [2.24, 2.45) is 5.73 Å². The molecule has 0 aliphatic carbocycles. The van der Waals surface area contributed by atoms with E-state index in [1.807, 2.05) is 19.1 Å². The topological polar surface area (TPSA) is 56.5 Å². The quantitative estimate of drug-likeness (QED) is 0.794. The minimum Gasteiger partial charge on any atom is -0.496 e. The molecule has 0 amide bonds. The Morgan fingerprint density at radius 2 is 1.79 bits per heavy atom. The zero-order valence-electron chi connectivity index (χ0n) is 12.7. The Morgan fingerprint density at radius 1 is 1.16 bits per heavy atom. The molecule has 1 aromatic carbocycles. The highest BCUT2D eigenvalue weighted by atomic mass is 16.5. The number of benzene rings is 1. The maximum Gasteiger partial charge on any atom is 0.123 e. The first-order chi connectivity index (χ1) is 8.93. The summed E-state index contributed by atoms with van der Waals surface area (Å²) >= 11 is 0. The van der Waals surface area contributed by atoms with Gasteiger partial charge in [-0.05, 0) is 51.4 Å². The Kier molecular flexibility index (Phi) is 5.63. The van der Waals surface area contributed by atoms with Crippen LogP contribution in [0, 0.1) is 6.92 Å². The smallest absolute Gasteiger partial charge is 0.123 e. The zero-order valence-corrected chi connectivity index (χ0v) is 12.7. The maximum atomic E-state index is 5.62. The lowest BCUT2D eigenvalue weighted by molar-refractivity contribution is 0.354. The number of nitrogens with one attached hydrogen (secondary N) is 1. The molecule has 0 fully saturated rings. The largest absolute Gasteiger partial charge is 0.496 e. The van der Waals surface area contributed by atoms with E-state index in [4.69, 9.17) is 15.2 Å². The second kappa shape index (κ2) is 6.78. The third kappa shape index (κ3) is 4.40. The van der Waals surface area contributed by atoms with Gasteiger partial charge in [-0.1, -0.05) is 0 Å². The summed E-state index contributed by atoms with van der Waals surface area (Å²) in [5, 5.41) is 3.51. The molecule has 0 aliphatic rings. The molecule has 0 bridgehead atoms. The summed E-state index contributed by atoms with van der Waals surface area (Å²) in [5.41, 5.74) is 7.80. The lowest BCUT2D eigenvalue weighted by Crippen LogP contribution is -2.40. The van der Waals surface area contributed by atoms with E-state index in [0.717, 1.165) is 35.6 Å². The number of nitrogens with two attached hydrogens (primary N) is 1. The molecule has 0 spiro atoms. The minimum atomic E-state index is 0.0118. The monoisotopic (exact) mass is 266 g/mol. The third-order valence-electron chi connectivity index (χ3n) is 3.32. The van der Waals surface area contributed by atoms with Crippen LogP contribution in [0.1, 0.15) is 31.4 Å². The molecule has 1 rings (SSSR count). The van der Waals surface area contributed by atoms with Crippen LogP contribution in [0.2, 0.25) is 0 Å². The minimum absolute atomic E-state index is 0.0118. The Morgan fingerprint density at radius 3 is 2.32 bits per heavy atom. The van der Waals surface area contributed by atoms with E-state index in [0.29, 0.717) is 6.54 Å². The van der Waals surface area contributed by atoms with Crippen LogP contribution in [0.4, 0.5) is 0 Å². The van der Waals surface area contributed by atoms with E-state index in [2.05, 4.69) is 19.2 Å². The molecular weight excluding hydrogens is 240 g/mol. The van der Waals surface area contributed by atoms with Gasteiger partial charge in [-0.3, -0.25) is 0 Å². The van der Waals surface area contributed by atoms with Crippen LogP contribution < -0.4 is 20.5 Å². The van der Waals surface area contributed by atoms with Crippen molar-refractivity contribution in [2.45, 2.75) is 39.3 Å². The molecule has 4 heteroatoms. The summed E-state index contributed by atoms with van der Waals surface area (Å²) in [7, 11) is 3.38. The van der Waals surface area contributed by atoms with Gasteiger partial charge in [0.15, 0.2) is 0 Å². The van der Waals surface area contributed by atoms with Crippen molar-refractivity contribution in [1.29, 1.82) is 0 Å². The first kappa shape index (κ1) is 15.8. The molecular formula is C15H26N2O2. The highest BCUT2D eigenvalue weighted by molar-refractivity contribution is 5.45. The van der Waals surface area contributed by atoms with Gasteiger partial charge in [0.1, 0.15) is 11.5 Å². The number of hydrogen-bond acceptors (Lipinski definition) is 4. The summed E-state index contributed by atoms with van der Waals surface area (Å²) in [6.45, 7) is 7.72. The molecule has 0 atom stereocenters. The van der Waals surface area contributed by atoms with Gasteiger partial charge in [0.2, 0.25) is 0 Å². The van der Waals surface area contributed by atoms with E-state index in [-0.39, 0.29) is 5.54 Å². The fraction of sp³-hybridized carbons (Fsp3) is 0.600. The number of aryl methyl sites for hydroxylation is 1. The zero-order chi connectivity index (χ0) is 14.5. The number of rotatable bonds is 7. The van der Waals surface area contributed by atoms with Gasteiger partial charge >= 0.3 is 0 Å². The van der Waals surface area contributed by atoms with Gasteiger partial charge < -0.3 is 20.5 Å². The molecule has 3 N–H and O–H groups in total. The van der Waals surface area contributed by atoms with E-state index in [1.54, 1.807) is 14.2 Å². The Balaban J connectivity index is 2.87. The Labute approximate surface area is 116 Å². The first-order valence-electron chi connectivity index (χ1n) is 6.60. The van der Waals surface area contributed by atoms with Gasteiger partial charge in [0, 0.05) is 17.6 Å². The van der Waals surface area contributed by atoms with Crippen molar-refractivity contribution >= 4 is 0 Å². The summed E-state index contributed by atoms with van der Waals surface area (Å²) < 4.78 is 10.8. The van der Waals surface area contributed by atoms with Gasteiger partial charge in [-0.25, -0.2) is 0 Å². The second-order valence-corrected chi connectivity index (χ2v) is 5.41. The van der Waals surface area contributed by atoms with E-state index < -0.39 is 0 Å². The predicted molar refractivity (Wildman–Crippen MR) is 78.9 cm³/mol. The summed E-state index contributed by atoms with van der Waals surface area (Å²) in [6.07, 6.45) is 0.929. The van der Waals surface area contributed by atoms with Crippen molar-refractivity contribution in [3.05, 3.63) is 23.3 Å². The molecule has 0 aliphatic heterocycles. The van der Waals surface area contributed by atoms with Crippen molar-refractivity contribution in [3.8, 4) is 11.5 Å². The predicted octanol–water partition coefficient (Wildman–Crippen LogP) is 2.23. The Bertz CT molecular complexity index is 417. The summed E-state index contributed by atoms with van der Waals surface area (Å²) in [5.74, 6) is 1.77. The van der Waals surface area contributed by atoms with Crippen LogP contribution in [0.5, 0.6) is 11.5 Å². The van der Waals surface area contributed by atoms with Crippen molar-refractivity contribution in [2.75, 3.05) is 20.8 Å². The van der Waals surface area contributed by atoms with E-state index >= 15 is 0 Å². The van der Waals surface area contributed by atoms with Gasteiger partial charge in [-0.15, -0.1) is 0 Å². The average Bonchev–Trinajstić information content (AvgIpc) is 2.36. The van der Waals surface area contributed by atoms with Crippen LogP contribution in [0.3, 0.4) is 0 Å². The molecule has 108 valence electrons. The van der Waals surface area contributed by atoms with Crippen LogP contribution in [0.15, 0.2) is 12.1 Å². The normalized spacial score (nSPS) is 11.5. The van der Waals surface area contributed by atoms with Gasteiger partial charge in [0.25, 0.3) is 0 Å². The van der Waals surface area contributed by atoms with Crippen molar-refractivity contribution < 1.29 is 9.47 Å². The first-order valence-corrected chi connectivity index (χ1v) is 6.60. The highest BCUT2D eigenvalue weighted by Crippen LogP contribution is 2.28. The summed E-state index contributed by atoms with van der Waals surface area (Å²) in [6, 6.07) is 4.03. The second-order valence-electron chi connectivity index (χ2n) is 5.41. The summed E-state index contributed by atoms with van der Waals surface area (Å²) in [4.78, 5) is 0.